The van der Waals surface area contributed by atoms with Crippen LogP contribution in [0.2, 0.25) is 0 Å². The maximum absolute atomic E-state index is 12.1. The molecule has 0 radical (unpaired) electrons. The normalized spacial score (nSPS) is 13.0. The Balaban J connectivity index is 3.01. The van der Waals surface area contributed by atoms with Crippen molar-refractivity contribution in [3.63, 3.8) is 0 Å². The van der Waals surface area contributed by atoms with Crippen LogP contribution >= 0.6 is 15.9 Å². The zero-order chi connectivity index (χ0) is 9.14. The summed E-state index contributed by atoms with van der Waals surface area (Å²) in [4.78, 5) is 0. The third-order valence-corrected chi connectivity index (χ3v) is 2.35. The van der Waals surface area contributed by atoms with Crippen molar-refractivity contribution in [2.24, 2.45) is 0 Å². The second-order valence-corrected chi connectivity index (χ2v) is 3.55. The third kappa shape index (κ3) is 2.05. The van der Waals surface area contributed by atoms with Crippen molar-refractivity contribution in [1.29, 1.82) is 0 Å². The SMILES string of the molecule is Cc1ccc(C(O)CF)c(Br)c1. The van der Waals surface area contributed by atoms with Crippen LogP contribution in [0, 0.1) is 6.92 Å². The highest BCUT2D eigenvalue weighted by Gasteiger charge is 2.09. The number of hydrogen-bond acceptors (Lipinski definition) is 1. The lowest BCUT2D eigenvalue weighted by molar-refractivity contribution is 0.141. The van der Waals surface area contributed by atoms with Gasteiger partial charge in [-0.25, -0.2) is 4.39 Å². The van der Waals surface area contributed by atoms with Crippen LogP contribution in [-0.4, -0.2) is 11.8 Å². The van der Waals surface area contributed by atoms with Gasteiger partial charge >= 0.3 is 0 Å². The minimum absolute atomic E-state index is 0.600. The van der Waals surface area contributed by atoms with E-state index < -0.39 is 12.8 Å². The molecule has 0 saturated heterocycles. The van der Waals surface area contributed by atoms with Gasteiger partial charge in [0.1, 0.15) is 12.8 Å². The first-order valence-electron chi connectivity index (χ1n) is 3.65. The van der Waals surface area contributed by atoms with Gasteiger partial charge in [0.15, 0.2) is 0 Å². The number of rotatable bonds is 2. The van der Waals surface area contributed by atoms with Crippen LogP contribution in [0.15, 0.2) is 22.7 Å². The molecule has 0 aliphatic heterocycles. The van der Waals surface area contributed by atoms with E-state index in [-0.39, 0.29) is 0 Å². The number of hydrogen-bond donors (Lipinski definition) is 1. The summed E-state index contributed by atoms with van der Waals surface area (Å²) in [5.74, 6) is 0. The molecule has 12 heavy (non-hydrogen) atoms. The van der Waals surface area contributed by atoms with Gasteiger partial charge in [0.25, 0.3) is 0 Å². The number of aliphatic hydroxyl groups is 1. The summed E-state index contributed by atoms with van der Waals surface area (Å²) in [7, 11) is 0. The lowest BCUT2D eigenvalue weighted by atomic mass is 10.1. The smallest absolute Gasteiger partial charge is 0.120 e. The maximum atomic E-state index is 12.1. The number of aryl methyl sites for hydroxylation is 1. The Bertz CT molecular complexity index is 275. The molecule has 0 bridgehead atoms. The Hall–Kier alpha value is -0.410. The van der Waals surface area contributed by atoms with Crippen LogP contribution in [0.4, 0.5) is 4.39 Å². The first-order valence-corrected chi connectivity index (χ1v) is 4.44. The van der Waals surface area contributed by atoms with Crippen LogP contribution in [0.5, 0.6) is 0 Å². The Morgan fingerprint density at radius 1 is 1.58 bits per heavy atom. The van der Waals surface area contributed by atoms with E-state index in [1.165, 1.54) is 0 Å². The number of alkyl halides is 1. The van der Waals surface area contributed by atoms with Crippen LogP contribution in [0.1, 0.15) is 17.2 Å². The van der Waals surface area contributed by atoms with E-state index in [0.29, 0.717) is 5.56 Å². The molecule has 1 unspecified atom stereocenters. The first kappa shape index (κ1) is 9.68. The zero-order valence-electron chi connectivity index (χ0n) is 6.72. The van der Waals surface area contributed by atoms with Crippen LogP contribution in [0.3, 0.4) is 0 Å². The van der Waals surface area contributed by atoms with E-state index in [1.807, 2.05) is 19.1 Å². The number of benzene rings is 1. The molecular formula is C9H10BrFO. The fourth-order valence-electron chi connectivity index (χ4n) is 0.986. The molecule has 1 atom stereocenters. The largest absolute Gasteiger partial charge is 0.386 e. The summed E-state index contributed by atoms with van der Waals surface area (Å²) in [6.45, 7) is 1.19. The molecule has 3 heteroatoms. The van der Waals surface area contributed by atoms with E-state index in [2.05, 4.69) is 15.9 Å². The van der Waals surface area contributed by atoms with Gasteiger partial charge in [-0.1, -0.05) is 28.1 Å². The molecule has 0 heterocycles. The van der Waals surface area contributed by atoms with Crippen molar-refractivity contribution in [2.45, 2.75) is 13.0 Å². The second-order valence-electron chi connectivity index (χ2n) is 2.70. The Morgan fingerprint density at radius 2 is 2.25 bits per heavy atom. The van der Waals surface area contributed by atoms with Crippen LogP contribution in [0.25, 0.3) is 0 Å². The van der Waals surface area contributed by atoms with Gasteiger partial charge in [-0.3, -0.25) is 0 Å². The average Bonchev–Trinajstić information content (AvgIpc) is 2.03. The van der Waals surface area contributed by atoms with Gasteiger partial charge in [-0.05, 0) is 24.1 Å². The minimum Gasteiger partial charge on any atom is -0.386 e. The number of halogens is 2. The zero-order valence-corrected chi connectivity index (χ0v) is 8.31. The molecule has 0 aromatic heterocycles. The second kappa shape index (κ2) is 4.01. The highest BCUT2D eigenvalue weighted by molar-refractivity contribution is 9.10. The van der Waals surface area contributed by atoms with Gasteiger partial charge in [0, 0.05) is 4.47 Å². The van der Waals surface area contributed by atoms with E-state index in [1.54, 1.807) is 6.07 Å². The molecule has 1 nitrogen and oxygen atoms in total. The molecule has 0 amide bonds. The fourth-order valence-corrected chi connectivity index (χ4v) is 1.74. The third-order valence-electron chi connectivity index (χ3n) is 1.66. The maximum Gasteiger partial charge on any atom is 0.120 e. The average molecular weight is 233 g/mol. The molecule has 0 fully saturated rings. The fraction of sp³-hybridized carbons (Fsp3) is 0.333. The van der Waals surface area contributed by atoms with Crippen molar-refractivity contribution in [3.05, 3.63) is 33.8 Å². The minimum atomic E-state index is -1.01. The predicted octanol–water partition coefficient (Wildman–Crippen LogP) is 2.76. The summed E-state index contributed by atoms with van der Waals surface area (Å²) in [5, 5.41) is 9.20. The van der Waals surface area contributed by atoms with Crippen molar-refractivity contribution in [3.8, 4) is 0 Å². The Labute approximate surface area is 79.4 Å². The lowest BCUT2D eigenvalue weighted by Gasteiger charge is -2.08. The summed E-state index contributed by atoms with van der Waals surface area (Å²) >= 11 is 3.26. The molecule has 0 aliphatic carbocycles. The Morgan fingerprint density at radius 3 is 2.75 bits per heavy atom. The molecule has 0 spiro atoms. The standard InChI is InChI=1S/C9H10BrFO/c1-6-2-3-7(8(10)4-6)9(12)5-11/h2-4,9,12H,5H2,1H3. The highest BCUT2D eigenvalue weighted by Crippen LogP contribution is 2.24. The highest BCUT2D eigenvalue weighted by atomic mass is 79.9. The Kier molecular flexibility index (Phi) is 3.23. The van der Waals surface area contributed by atoms with Crippen LogP contribution in [-0.2, 0) is 0 Å². The van der Waals surface area contributed by atoms with Crippen molar-refractivity contribution in [2.75, 3.05) is 6.67 Å². The molecule has 1 aromatic carbocycles. The van der Waals surface area contributed by atoms with Crippen molar-refractivity contribution in [1.82, 2.24) is 0 Å². The molecule has 0 aliphatic rings. The van der Waals surface area contributed by atoms with Crippen LogP contribution < -0.4 is 0 Å². The van der Waals surface area contributed by atoms with E-state index >= 15 is 0 Å². The summed E-state index contributed by atoms with van der Waals surface area (Å²) < 4.78 is 12.8. The van der Waals surface area contributed by atoms with Crippen molar-refractivity contribution < 1.29 is 9.50 Å². The molecule has 0 saturated carbocycles. The molecular weight excluding hydrogens is 223 g/mol. The lowest BCUT2D eigenvalue weighted by Crippen LogP contribution is -2.00. The topological polar surface area (TPSA) is 20.2 Å². The quantitative estimate of drug-likeness (QED) is 0.832. The summed E-state index contributed by atoms with van der Waals surface area (Å²) in [6.07, 6.45) is -1.01. The number of aliphatic hydroxyl groups excluding tert-OH is 1. The monoisotopic (exact) mass is 232 g/mol. The molecule has 66 valence electrons. The van der Waals surface area contributed by atoms with E-state index in [0.717, 1.165) is 10.0 Å². The van der Waals surface area contributed by atoms with Gasteiger partial charge in [-0.15, -0.1) is 0 Å². The summed E-state index contributed by atoms with van der Waals surface area (Å²) in [6, 6.07) is 5.43. The predicted molar refractivity (Wildman–Crippen MR) is 49.8 cm³/mol. The van der Waals surface area contributed by atoms with Gasteiger partial charge in [-0.2, -0.15) is 0 Å². The molecule has 1 aromatic rings. The van der Waals surface area contributed by atoms with Crippen molar-refractivity contribution >= 4 is 15.9 Å². The van der Waals surface area contributed by atoms with E-state index in [9.17, 15) is 9.50 Å². The molecule has 1 rings (SSSR count). The molecule has 1 N–H and O–H groups in total. The first-order chi connectivity index (χ1) is 5.65. The van der Waals surface area contributed by atoms with Gasteiger partial charge in [0.05, 0.1) is 0 Å². The van der Waals surface area contributed by atoms with Gasteiger partial charge < -0.3 is 5.11 Å². The van der Waals surface area contributed by atoms with Gasteiger partial charge in [0.2, 0.25) is 0 Å². The summed E-state index contributed by atoms with van der Waals surface area (Å²) in [5.41, 5.74) is 1.68. The van der Waals surface area contributed by atoms with E-state index in [4.69, 9.17) is 0 Å².